The van der Waals surface area contributed by atoms with E-state index in [1.54, 1.807) is 13.0 Å². The first-order chi connectivity index (χ1) is 8.81. The molecule has 4 nitrogen and oxygen atoms in total. The van der Waals surface area contributed by atoms with E-state index >= 15 is 0 Å². The minimum atomic E-state index is -0.550. The lowest BCUT2D eigenvalue weighted by Crippen LogP contribution is -2.45. The minimum absolute atomic E-state index is 0.170. The van der Waals surface area contributed by atoms with Crippen molar-refractivity contribution >= 4 is 55.0 Å². The highest BCUT2D eigenvalue weighted by molar-refractivity contribution is 9.13. The fourth-order valence-corrected chi connectivity index (χ4v) is 3.19. The Morgan fingerprint density at radius 3 is 2.42 bits per heavy atom. The van der Waals surface area contributed by atoms with Crippen LogP contribution in [0.15, 0.2) is 14.3 Å². The van der Waals surface area contributed by atoms with Gasteiger partial charge in [-0.2, -0.15) is 0 Å². The van der Waals surface area contributed by atoms with Crippen molar-refractivity contribution in [1.29, 1.82) is 0 Å². The van der Waals surface area contributed by atoms with Crippen LogP contribution in [-0.2, 0) is 4.79 Å². The summed E-state index contributed by atoms with van der Waals surface area (Å²) in [5.41, 5.74) is 0. The molecule has 1 rings (SSSR count). The number of hydrogen-bond acceptors (Lipinski definition) is 3. The van der Waals surface area contributed by atoms with Crippen molar-refractivity contribution in [1.82, 2.24) is 10.6 Å². The van der Waals surface area contributed by atoms with Gasteiger partial charge in [-0.15, -0.1) is 11.3 Å². The van der Waals surface area contributed by atoms with Gasteiger partial charge in [-0.05, 0) is 50.8 Å². The van der Waals surface area contributed by atoms with Gasteiger partial charge in [-0.1, -0.05) is 13.8 Å². The lowest BCUT2D eigenvalue weighted by Gasteiger charge is -2.14. The maximum absolute atomic E-state index is 11.9. The van der Waals surface area contributed by atoms with Gasteiger partial charge in [-0.3, -0.25) is 9.59 Å². The Labute approximate surface area is 133 Å². The van der Waals surface area contributed by atoms with E-state index in [0.29, 0.717) is 17.3 Å². The third-order valence-corrected chi connectivity index (χ3v) is 5.55. The summed E-state index contributed by atoms with van der Waals surface area (Å²) in [7, 11) is 0. The Balaban J connectivity index is 2.54. The van der Waals surface area contributed by atoms with Crippen LogP contribution in [0.3, 0.4) is 0 Å². The molecular weight excluding hydrogens is 396 g/mol. The summed E-state index contributed by atoms with van der Waals surface area (Å²) in [5, 5.41) is 5.46. The highest BCUT2D eigenvalue weighted by Gasteiger charge is 2.18. The molecule has 0 aliphatic rings. The van der Waals surface area contributed by atoms with Gasteiger partial charge in [0.05, 0.1) is 8.66 Å². The van der Waals surface area contributed by atoms with E-state index in [4.69, 9.17) is 0 Å². The molecule has 0 saturated heterocycles. The second-order valence-electron chi connectivity index (χ2n) is 4.57. The number of amides is 2. The molecule has 1 unspecified atom stereocenters. The molecule has 0 aliphatic heterocycles. The summed E-state index contributed by atoms with van der Waals surface area (Å²) in [6, 6.07) is 1.17. The van der Waals surface area contributed by atoms with E-state index in [1.165, 1.54) is 11.3 Å². The Hall–Kier alpha value is -0.400. The normalized spacial score (nSPS) is 12.3. The average molecular weight is 412 g/mol. The van der Waals surface area contributed by atoms with E-state index in [2.05, 4.69) is 42.5 Å². The average Bonchev–Trinajstić information content (AvgIpc) is 2.66. The SMILES string of the molecule is CC(C)CNC(=O)C(C)NC(=O)c1cc(Br)c(Br)s1. The van der Waals surface area contributed by atoms with Gasteiger partial charge in [0.1, 0.15) is 6.04 Å². The highest BCUT2D eigenvalue weighted by atomic mass is 79.9. The molecule has 106 valence electrons. The lowest BCUT2D eigenvalue weighted by molar-refractivity contribution is -0.122. The van der Waals surface area contributed by atoms with E-state index in [-0.39, 0.29) is 11.8 Å². The molecule has 19 heavy (non-hydrogen) atoms. The molecule has 0 fully saturated rings. The predicted molar refractivity (Wildman–Crippen MR) is 84.5 cm³/mol. The summed E-state index contributed by atoms with van der Waals surface area (Å²) in [4.78, 5) is 24.2. The van der Waals surface area contributed by atoms with E-state index in [0.717, 1.165) is 8.26 Å². The summed E-state index contributed by atoms with van der Waals surface area (Å²) >= 11 is 7.98. The molecule has 0 spiro atoms. The van der Waals surface area contributed by atoms with Crippen LogP contribution in [0.4, 0.5) is 0 Å². The second kappa shape index (κ2) is 7.40. The fourth-order valence-electron chi connectivity index (χ4n) is 1.25. The molecule has 0 saturated carbocycles. The number of halogens is 2. The zero-order valence-corrected chi connectivity index (χ0v) is 14.9. The number of thiophene rings is 1. The minimum Gasteiger partial charge on any atom is -0.354 e. The second-order valence-corrected chi connectivity index (χ2v) is 7.79. The highest BCUT2D eigenvalue weighted by Crippen LogP contribution is 2.32. The molecule has 1 aromatic rings. The molecule has 7 heteroatoms. The van der Waals surface area contributed by atoms with Crippen molar-refractivity contribution in [3.8, 4) is 0 Å². The number of carbonyl (C=O) groups excluding carboxylic acids is 2. The Morgan fingerprint density at radius 1 is 1.32 bits per heavy atom. The summed E-state index contributed by atoms with van der Waals surface area (Å²) in [5.74, 6) is -0.0311. The summed E-state index contributed by atoms with van der Waals surface area (Å²) in [6.07, 6.45) is 0. The molecule has 2 amide bonds. The predicted octanol–water partition coefficient (Wildman–Crippen LogP) is 3.16. The van der Waals surface area contributed by atoms with Gasteiger partial charge in [0, 0.05) is 11.0 Å². The maximum Gasteiger partial charge on any atom is 0.262 e. The van der Waals surface area contributed by atoms with Crippen LogP contribution < -0.4 is 10.6 Å². The first-order valence-electron chi connectivity index (χ1n) is 5.84. The number of hydrogen-bond donors (Lipinski definition) is 2. The van der Waals surface area contributed by atoms with Gasteiger partial charge in [0.2, 0.25) is 5.91 Å². The zero-order valence-electron chi connectivity index (χ0n) is 10.9. The van der Waals surface area contributed by atoms with Gasteiger partial charge in [-0.25, -0.2) is 0 Å². The van der Waals surface area contributed by atoms with Crippen LogP contribution in [0.1, 0.15) is 30.4 Å². The fraction of sp³-hybridized carbons (Fsp3) is 0.500. The van der Waals surface area contributed by atoms with Crippen molar-refractivity contribution < 1.29 is 9.59 Å². The first-order valence-corrected chi connectivity index (χ1v) is 8.25. The van der Waals surface area contributed by atoms with Crippen LogP contribution in [0.5, 0.6) is 0 Å². The van der Waals surface area contributed by atoms with Crippen LogP contribution >= 0.6 is 43.2 Å². The molecule has 0 aliphatic carbocycles. The van der Waals surface area contributed by atoms with E-state index < -0.39 is 6.04 Å². The Bertz CT molecular complexity index is 455. The molecule has 1 atom stereocenters. The molecule has 0 radical (unpaired) electrons. The standard InChI is InChI=1S/C12H16Br2N2O2S/c1-6(2)5-15-11(17)7(3)16-12(18)9-4-8(13)10(14)19-9/h4,6-7H,5H2,1-3H3,(H,15,17)(H,16,18). The van der Waals surface area contributed by atoms with Crippen molar-refractivity contribution in [3.63, 3.8) is 0 Å². The molecule has 0 bridgehead atoms. The van der Waals surface area contributed by atoms with Crippen LogP contribution in [0.25, 0.3) is 0 Å². The largest absolute Gasteiger partial charge is 0.354 e. The molecule has 1 heterocycles. The summed E-state index contributed by atoms with van der Waals surface area (Å²) in [6.45, 7) is 6.31. The van der Waals surface area contributed by atoms with E-state index in [1.807, 2.05) is 13.8 Å². The quantitative estimate of drug-likeness (QED) is 0.781. The first kappa shape index (κ1) is 16.7. The van der Waals surface area contributed by atoms with Crippen molar-refractivity contribution in [2.24, 2.45) is 5.92 Å². The van der Waals surface area contributed by atoms with Gasteiger partial charge in [0.25, 0.3) is 5.91 Å². The molecule has 1 aromatic heterocycles. The van der Waals surface area contributed by atoms with E-state index in [9.17, 15) is 9.59 Å². The third kappa shape index (κ3) is 5.24. The topological polar surface area (TPSA) is 58.2 Å². The van der Waals surface area contributed by atoms with Gasteiger partial charge in [0.15, 0.2) is 0 Å². The zero-order chi connectivity index (χ0) is 14.6. The van der Waals surface area contributed by atoms with Crippen LogP contribution in [0.2, 0.25) is 0 Å². The van der Waals surface area contributed by atoms with Crippen molar-refractivity contribution in [3.05, 3.63) is 19.2 Å². The molecule has 0 aromatic carbocycles. The van der Waals surface area contributed by atoms with Gasteiger partial charge >= 0.3 is 0 Å². The Morgan fingerprint density at radius 2 is 1.95 bits per heavy atom. The smallest absolute Gasteiger partial charge is 0.262 e. The third-order valence-electron chi connectivity index (χ3n) is 2.29. The number of rotatable bonds is 5. The summed E-state index contributed by atoms with van der Waals surface area (Å²) < 4.78 is 1.69. The molecule has 2 N–H and O–H groups in total. The monoisotopic (exact) mass is 410 g/mol. The van der Waals surface area contributed by atoms with Crippen molar-refractivity contribution in [2.45, 2.75) is 26.8 Å². The van der Waals surface area contributed by atoms with Crippen molar-refractivity contribution in [2.75, 3.05) is 6.54 Å². The van der Waals surface area contributed by atoms with Crippen LogP contribution in [-0.4, -0.2) is 24.4 Å². The molecular formula is C12H16Br2N2O2S. The number of nitrogens with one attached hydrogen (secondary N) is 2. The van der Waals surface area contributed by atoms with Gasteiger partial charge < -0.3 is 10.6 Å². The Kier molecular flexibility index (Phi) is 6.49. The number of carbonyl (C=O) groups is 2. The maximum atomic E-state index is 11.9. The lowest BCUT2D eigenvalue weighted by atomic mass is 10.2. The van der Waals surface area contributed by atoms with Crippen LogP contribution in [0, 0.1) is 5.92 Å².